The summed E-state index contributed by atoms with van der Waals surface area (Å²) in [7, 11) is 0. The molecule has 1 atom stereocenters. The normalized spacial score (nSPS) is 23.8. The minimum atomic E-state index is -0.315. The number of piperazine rings is 1. The predicted octanol–water partition coefficient (Wildman–Crippen LogP) is -1.34. The average molecular weight is 182 g/mol. The second kappa shape index (κ2) is 4.80. The van der Waals surface area contributed by atoms with Gasteiger partial charge in [0.2, 0.25) is 5.91 Å². The smallest absolute Gasteiger partial charge is 0.236 e. The molecule has 13 heavy (non-hydrogen) atoms. The van der Waals surface area contributed by atoms with Crippen molar-refractivity contribution in [3.05, 3.63) is 0 Å². The van der Waals surface area contributed by atoms with Crippen molar-refractivity contribution in [2.75, 3.05) is 26.2 Å². The number of nitriles is 1. The number of hydrogen-bond acceptors (Lipinski definition) is 4. The van der Waals surface area contributed by atoms with Gasteiger partial charge in [-0.2, -0.15) is 5.26 Å². The van der Waals surface area contributed by atoms with E-state index in [0.29, 0.717) is 19.5 Å². The Morgan fingerprint density at radius 1 is 1.77 bits per heavy atom. The molecule has 1 heterocycles. The van der Waals surface area contributed by atoms with Gasteiger partial charge in [-0.1, -0.05) is 0 Å². The van der Waals surface area contributed by atoms with Crippen LogP contribution in [0, 0.1) is 11.3 Å². The van der Waals surface area contributed by atoms with E-state index in [1.54, 1.807) is 0 Å². The Morgan fingerprint density at radius 2 is 2.54 bits per heavy atom. The third-order valence-electron chi connectivity index (χ3n) is 2.19. The molecule has 1 unspecified atom stereocenters. The van der Waals surface area contributed by atoms with Crippen LogP contribution in [0.4, 0.5) is 0 Å². The highest BCUT2D eigenvalue weighted by Crippen LogP contribution is 2.02. The van der Waals surface area contributed by atoms with E-state index in [-0.39, 0.29) is 11.9 Å². The molecule has 72 valence electrons. The first-order valence-corrected chi connectivity index (χ1v) is 4.36. The zero-order chi connectivity index (χ0) is 9.68. The summed E-state index contributed by atoms with van der Waals surface area (Å²) < 4.78 is 0. The van der Waals surface area contributed by atoms with Gasteiger partial charge in [-0.15, -0.1) is 0 Å². The minimum absolute atomic E-state index is 0.248. The Morgan fingerprint density at radius 3 is 3.15 bits per heavy atom. The van der Waals surface area contributed by atoms with Crippen LogP contribution < -0.4 is 11.1 Å². The average Bonchev–Trinajstić information content (AvgIpc) is 2.15. The van der Waals surface area contributed by atoms with Crippen molar-refractivity contribution in [3.8, 4) is 6.07 Å². The van der Waals surface area contributed by atoms with Crippen LogP contribution in [-0.2, 0) is 4.79 Å². The Kier molecular flexibility index (Phi) is 3.68. The monoisotopic (exact) mass is 182 g/mol. The molecule has 0 bridgehead atoms. The van der Waals surface area contributed by atoms with Crippen molar-refractivity contribution in [1.82, 2.24) is 10.2 Å². The fourth-order valence-corrected chi connectivity index (χ4v) is 1.49. The fraction of sp³-hybridized carbons (Fsp3) is 0.750. The molecule has 3 N–H and O–H groups in total. The summed E-state index contributed by atoms with van der Waals surface area (Å²) in [4.78, 5) is 12.9. The second-order valence-electron chi connectivity index (χ2n) is 3.07. The van der Waals surface area contributed by atoms with E-state index in [2.05, 4.69) is 11.4 Å². The summed E-state index contributed by atoms with van der Waals surface area (Å²) in [5, 5.41) is 11.5. The van der Waals surface area contributed by atoms with Crippen molar-refractivity contribution in [2.45, 2.75) is 12.5 Å². The van der Waals surface area contributed by atoms with Gasteiger partial charge in [-0.25, -0.2) is 0 Å². The molecule has 0 spiro atoms. The third kappa shape index (κ3) is 2.68. The van der Waals surface area contributed by atoms with Gasteiger partial charge in [0.1, 0.15) is 6.04 Å². The second-order valence-corrected chi connectivity index (χ2v) is 3.07. The Bertz CT molecular complexity index is 223. The topological polar surface area (TPSA) is 82.2 Å². The first-order valence-electron chi connectivity index (χ1n) is 4.36. The first kappa shape index (κ1) is 9.96. The first-order chi connectivity index (χ1) is 6.25. The van der Waals surface area contributed by atoms with E-state index in [0.717, 1.165) is 13.1 Å². The van der Waals surface area contributed by atoms with Crippen molar-refractivity contribution in [3.63, 3.8) is 0 Å². The molecule has 0 saturated carbocycles. The van der Waals surface area contributed by atoms with Gasteiger partial charge in [0.25, 0.3) is 0 Å². The molecule has 0 aliphatic carbocycles. The number of hydrogen-bond donors (Lipinski definition) is 2. The lowest BCUT2D eigenvalue weighted by molar-refractivity contribution is -0.123. The molecule has 0 radical (unpaired) electrons. The van der Waals surface area contributed by atoms with Gasteiger partial charge < -0.3 is 11.1 Å². The van der Waals surface area contributed by atoms with E-state index in [4.69, 9.17) is 11.0 Å². The maximum atomic E-state index is 11.0. The molecule has 1 fully saturated rings. The molecule has 1 rings (SSSR count). The van der Waals surface area contributed by atoms with Crippen LogP contribution in [0.15, 0.2) is 0 Å². The van der Waals surface area contributed by atoms with Crippen LogP contribution in [-0.4, -0.2) is 43.0 Å². The van der Waals surface area contributed by atoms with Gasteiger partial charge >= 0.3 is 0 Å². The summed E-state index contributed by atoms with van der Waals surface area (Å²) in [6.45, 7) is 2.87. The molecule has 5 heteroatoms. The lowest BCUT2D eigenvalue weighted by Gasteiger charge is -2.33. The maximum Gasteiger partial charge on any atom is 0.236 e. The maximum absolute atomic E-state index is 11.0. The fourth-order valence-electron chi connectivity index (χ4n) is 1.49. The number of rotatable bonds is 3. The van der Waals surface area contributed by atoms with Crippen LogP contribution in [0.2, 0.25) is 0 Å². The van der Waals surface area contributed by atoms with Gasteiger partial charge in [0.15, 0.2) is 0 Å². The summed E-state index contributed by atoms with van der Waals surface area (Å²) in [5.74, 6) is -0.315. The van der Waals surface area contributed by atoms with E-state index >= 15 is 0 Å². The molecule has 1 saturated heterocycles. The molecular weight excluding hydrogens is 168 g/mol. The lowest BCUT2D eigenvalue weighted by atomic mass is 10.1. The summed E-state index contributed by atoms with van der Waals surface area (Å²) in [6, 6.07) is 1.81. The number of nitrogens with two attached hydrogens (primary N) is 1. The van der Waals surface area contributed by atoms with Gasteiger partial charge in [-0.05, 0) is 0 Å². The number of nitrogens with one attached hydrogen (secondary N) is 1. The molecule has 5 nitrogen and oxygen atoms in total. The number of nitrogens with zero attached hydrogens (tertiary/aromatic N) is 2. The molecule has 1 aliphatic heterocycles. The molecule has 0 aromatic rings. The zero-order valence-electron chi connectivity index (χ0n) is 7.49. The molecule has 1 amide bonds. The van der Waals surface area contributed by atoms with E-state index in [1.807, 2.05) is 4.90 Å². The zero-order valence-corrected chi connectivity index (χ0v) is 7.49. The summed E-state index contributed by atoms with van der Waals surface area (Å²) >= 11 is 0. The van der Waals surface area contributed by atoms with Crippen LogP contribution in [0.3, 0.4) is 0 Å². The third-order valence-corrected chi connectivity index (χ3v) is 2.19. The summed E-state index contributed by atoms with van der Waals surface area (Å²) in [5.41, 5.74) is 5.23. The SMILES string of the molecule is N#CCCN1CCNCC1C(N)=O. The standard InChI is InChI=1S/C8H14N4O/c9-2-1-4-12-5-3-11-6-7(12)8(10)13/h7,11H,1,3-6H2,(H2,10,13). The van der Waals surface area contributed by atoms with Gasteiger partial charge in [0.05, 0.1) is 6.07 Å². The number of primary amides is 1. The Hall–Kier alpha value is -1.12. The molecule has 0 aromatic carbocycles. The quantitative estimate of drug-likeness (QED) is 0.566. The highest BCUT2D eigenvalue weighted by Gasteiger charge is 2.25. The largest absolute Gasteiger partial charge is 0.368 e. The summed E-state index contributed by atoms with van der Waals surface area (Å²) in [6.07, 6.45) is 0.448. The van der Waals surface area contributed by atoms with Crippen molar-refractivity contribution in [2.24, 2.45) is 5.73 Å². The van der Waals surface area contributed by atoms with Crippen molar-refractivity contribution in [1.29, 1.82) is 5.26 Å². The van der Waals surface area contributed by atoms with E-state index in [1.165, 1.54) is 0 Å². The minimum Gasteiger partial charge on any atom is -0.368 e. The van der Waals surface area contributed by atoms with Crippen molar-refractivity contribution >= 4 is 5.91 Å². The molecule has 1 aliphatic rings. The highest BCUT2D eigenvalue weighted by atomic mass is 16.1. The predicted molar refractivity (Wildman–Crippen MR) is 47.7 cm³/mol. The van der Waals surface area contributed by atoms with Crippen LogP contribution in [0.1, 0.15) is 6.42 Å². The molecular formula is C8H14N4O. The van der Waals surface area contributed by atoms with Crippen molar-refractivity contribution < 1.29 is 4.79 Å². The lowest BCUT2D eigenvalue weighted by Crippen LogP contribution is -2.56. The van der Waals surface area contributed by atoms with Crippen LogP contribution >= 0.6 is 0 Å². The van der Waals surface area contributed by atoms with Gasteiger partial charge in [0, 0.05) is 32.6 Å². The number of carbonyl (C=O) groups is 1. The molecule has 0 aromatic heterocycles. The highest BCUT2D eigenvalue weighted by molar-refractivity contribution is 5.80. The van der Waals surface area contributed by atoms with E-state index < -0.39 is 0 Å². The van der Waals surface area contributed by atoms with Gasteiger partial charge in [-0.3, -0.25) is 9.69 Å². The Labute approximate surface area is 77.5 Å². The number of amides is 1. The number of carbonyl (C=O) groups excluding carboxylic acids is 1. The Balaban J connectivity index is 2.47. The van der Waals surface area contributed by atoms with E-state index in [9.17, 15) is 4.79 Å². The van der Waals surface area contributed by atoms with Crippen LogP contribution in [0.5, 0.6) is 0 Å². The van der Waals surface area contributed by atoms with Crippen LogP contribution in [0.25, 0.3) is 0 Å².